The maximum atomic E-state index is 9.19. The standard InChI is InChI=1S/C14H22N4/c1-4-5-6-12(8-15)18-14-7-10(2)17-11(3)13(14)9-16/h7,12H,4-6,8,15H2,1-3H3,(H,17,18). The van der Waals surface area contributed by atoms with E-state index in [4.69, 9.17) is 5.73 Å². The van der Waals surface area contributed by atoms with Crippen molar-refractivity contribution < 1.29 is 0 Å². The molecule has 1 rings (SSSR count). The van der Waals surface area contributed by atoms with Gasteiger partial charge < -0.3 is 11.1 Å². The van der Waals surface area contributed by atoms with Crippen LogP contribution in [0.15, 0.2) is 6.07 Å². The van der Waals surface area contributed by atoms with Crippen molar-refractivity contribution in [3.05, 3.63) is 23.0 Å². The van der Waals surface area contributed by atoms with E-state index in [-0.39, 0.29) is 6.04 Å². The van der Waals surface area contributed by atoms with Gasteiger partial charge in [0, 0.05) is 18.3 Å². The van der Waals surface area contributed by atoms with Crippen LogP contribution in [-0.4, -0.2) is 17.6 Å². The quantitative estimate of drug-likeness (QED) is 0.808. The fraction of sp³-hybridized carbons (Fsp3) is 0.571. The van der Waals surface area contributed by atoms with Crippen LogP contribution in [0.2, 0.25) is 0 Å². The van der Waals surface area contributed by atoms with Crippen LogP contribution in [0.25, 0.3) is 0 Å². The Balaban J connectivity index is 2.91. The first kappa shape index (κ1) is 14.5. The Bertz CT molecular complexity index is 434. The Morgan fingerprint density at radius 2 is 2.22 bits per heavy atom. The average Bonchev–Trinajstić information content (AvgIpc) is 2.33. The topological polar surface area (TPSA) is 74.7 Å². The van der Waals surface area contributed by atoms with Crippen LogP contribution in [0.5, 0.6) is 0 Å². The summed E-state index contributed by atoms with van der Waals surface area (Å²) in [5, 5.41) is 12.6. The number of hydrogen-bond donors (Lipinski definition) is 2. The SMILES string of the molecule is CCCCC(CN)Nc1cc(C)nc(C)c1C#N. The second-order valence-electron chi connectivity index (χ2n) is 4.60. The summed E-state index contributed by atoms with van der Waals surface area (Å²) in [5.41, 5.74) is 8.93. The van der Waals surface area contributed by atoms with Crippen molar-refractivity contribution >= 4 is 5.69 Å². The summed E-state index contributed by atoms with van der Waals surface area (Å²) in [6.45, 7) is 6.53. The van der Waals surface area contributed by atoms with Crippen LogP contribution >= 0.6 is 0 Å². The molecule has 4 heteroatoms. The molecule has 0 aliphatic rings. The minimum atomic E-state index is 0.221. The first-order chi connectivity index (χ1) is 8.62. The molecule has 0 spiro atoms. The zero-order valence-electron chi connectivity index (χ0n) is 11.5. The molecule has 0 aromatic carbocycles. The third-order valence-corrected chi connectivity index (χ3v) is 2.99. The highest BCUT2D eigenvalue weighted by Gasteiger charge is 2.12. The molecule has 0 fully saturated rings. The molecular weight excluding hydrogens is 224 g/mol. The number of rotatable bonds is 6. The summed E-state index contributed by atoms with van der Waals surface area (Å²) in [4.78, 5) is 4.31. The molecule has 1 atom stereocenters. The van der Waals surface area contributed by atoms with Gasteiger partial charge >= 0.3 is 0 Å². The van der Waals surface area contributed by atoms with Gasteiger partial charge in [-0.3, -0.25) is 4.98 Å². The largest absolute Gasteiger partial charge is 0.380 e. The van der Waals surface area contributed by atoms with Crippen LogP contribution < -0.4 is 11.1 Å². The van der Waals surface area contributed by atoms with Gasteiger partial charge in [0.05, 0.1) is 16.9 Å². The monoisotopic (exact) mass is 246 g/mol. The molecule has 1 unspecified atom stereocenters. The highest BCUT2D eigenvalue weighted by Crippen LogP contribution is 2.20. The molecule has 0 radical (unpaired) electrons. The Hall–Kier alpha value is -1.60. The van der Waals surface area contributed by atoms with Crippen molar-refractivity contribution in [2.45, 2.75) is 46.1 Å². The van der Waals surface area contributed by atoms with Crippen LogP contribution in [0.1, 0.15) is 43.1 Å². The minimum absolute atomic E-state index is 0.221. The Morgan fingerprint density at radius 3 is 2.78 bits per heavy atom. The van der Waals surface area contributed by atoms with Crippen molar-refractivity contribution in [1.29, 1.82) is 5.26 Å². The van der Waals surface area contributed by atoms with Crippen LogP contribution in [0.3, 0.4) is 0 Å². The lowest BCUT2D eigenvalue weighted by atomic mass is 10.1. The van der Waals surface area contributed by atoms with Gasteiger partial charge in [-0.1, -0.05) is 19.8 Å². The number of nitriles is 1. The number of hydrogen-bond acceptors (Lipinski definition) is 4. The second-order valence-corrected chi connectivity index (χ2v) is 4.60. The number of aryl methyl sites for hydroxylation is 2. The predicted octanol–water partition coefficient (Wildman–Crippen LogP) is 2.50. The van der Waals surface area contributed by atoms with Gasteiger partial charge in [-0.2, -0.15) is 5.26 Å². The molecule has 98 valence electrons. The summed E-state index contributed by atoms with van der Waals surface area (Å²) in [5.74, 6) is 0. The van der Waals surface area contributed by atoms with Crippen molar-refractivity contribution in [2.75, 3.05) is 11.9 Å². The van der Waals surface area contributed by atoms with E-state index in [1.165, 1.54) is 0 Å². The molecule has 0 bridgehead atoms. The maximum Gasteiger partial charge on any atom is 0.103 e. The molecule has 3 N–H and O–H groups in total. The van der Waals surface area contributed by atoms with Crippen molar-refractivity contribution in [3.8, 4) is 6.07 Å². The third kappa shape index (κ3) is 3.71. The number of nitrogens with zero attached hydrogens (tertiary/aromatic N) is 2. The van der Waals surface area contributed by atoms with E-state index in [1.54, 1.807) is 0 Å². The highest BCUT2D eigenvalue weighted by atomic mass is 14.9. The molecule has 18 heavy (non-hydrogen) atoms. The Morgan fingerprint density at radius 1 is 1.50 bits per heavy atom. The molecule has 0 amide bonds. The molecule has 1 aromatic heterocycles. The normalized spacial score (nSPS) is 11.9. The fourth-order valence-corrected chi connectivity index (χ4v) is 2.00. The molecule has 1 heterocycles. The summed E-state index contributed by atoms with van der Waals surface area (Å²) in [7, 11) is 0. The van der Waals surface area contributed by atoms with E-state index < -0.39 is 0 Å². The number of nitrogens with two attached hydrogens (primary N) is 1. The highest BCUT2D eigenvalue weighted by molar-refractivity contribution is 5.60. The van der Waals surface area contributed by atoms with E-state index in [2.05, 4.69) is 23.3 Å². The van der Waals surface area contributed by atoms with Gasteiger partial charge in [0.15, 0.2) is 0 Å². The molecule has 0 saturated carbocycles. The predicted molar refractivity (Wildman–Crippen MR) is 74.4 cm³/mol. The molecule has 4 nitrogen and oxygen atoms in total. The molecule has 0 aliphatic carbocycles. The fourth-order valence-electron chi connectivity index (χ4n) is 2.00. The van der Waals surface area contributed by atoms with Crippen LogP contribution in [-0.2, 0) is 0 Å². The van der Waals surface area contributed by atoms with Gasteiger partial charge in [-0.25, -0.2) is 0 Å². The maximum absolute atomic E-state index is 9.19. The van der Waals surface area contributed by atoms with Gasteiger partial charge in [-0.05, 0) is 26.3 Å². The number of aromatic nitrogens is 1. The van der Waals surface area contributed by atoms with E-state index in [1.807, 2.05) is 19.9 Å². The van der Waals surface area contributed by atoms with Crippen LogP contribution in [0, 0.1) is 25.2 Å². The Labute approximate surface area is 109 Å². The van der Waals surface area contributed by atoms with Gasteiger partial charge in [0.25, 0.3) is 0 Å². The number of anilines is 1. The van der Waals surface area contributed by atoms with Gasteiger partial charge in [-0.15, -0.1) is 0 Å². The Kier molecular flexibility index (Phi) is 5.60. The second kappa shape index (κ2) is 6.97. The first-order valence-electron chi connectivity index (χ1n) is 6.47. The lowest BCUT2D eigenvalue weighted by Gasteiger charge is -2.19. The molecule has 1 aromatic rings. The molecule has 0 saturated heterocycles. The molecule has 0 aliphatic heterocycles. The van der Waals surface area contributed by atoms with E-state index >= 15 is 0 Å². The summed E-state index contributed by atoms with van der Waals surface area (Å²) in [6.07, 6.45) is 3.32. The lowest BCUT2D eigenvalue weighted by molar-refractivity contribution is 0.614. The molecular formula is C14H22N4. The van der Waals surface area contributed by atoms with E-state index in [0.717, 1.165) is 36.3 Å². The minimum Gasteiger partial charge on any atom is -0.380 e. The average molecular weight is 246 g/mol. The van der Waals surface area contributed by atoms with Gasteiger partial charge in [0.1, 0.15) is 6.07 Å². The zero-order valence-corrected chi connectivity index (χ0v) is 11.5. The lowest BCUT2D eigenvalue weighted by Crippen LogP contribution is -2.29. The first-order valence-corrected chi connectivity index (χ1v) is 6.47. The van der Waals surface area contributed by atoms with Crippen LogP contribution in [0.4, 0.5) is 5.69 Å². The third-order valence-electron chi connectivity index (χ3n) is 2.99. The van der Waals surface area contributed by atoms with Crippen molar-refractivity contribution in [2.24, 2.45) is 5.73 Å². The number of nitrogens with one attached hydrogen (secondary N) is 1. The number of unbranched alkanes of at least 4 members (excludes halogenated alkanes) is 1. The zero-order chi connectivity index (χ0) is 13.5. The van der Waals surface area contributed by atoms with E-state index in [9.17, 15) is 5.26 Å². The summed E-state index contributed by atoms with van der Waals surface area (Å²) < 4.78 is 0. The van der Waals surface area contributed by atoms with E-state index in [0.29, 0.717) is 12.1 Å². The smallest absolute Gasteiger partial charge is 0.103 e. The summed E-state index contributed by atoms with van der Waals surface area (Å²) >= 11 is 0. The van der Waals surface area contributed by atoms with Crippen molar-refractivity contribution in [1.82, 2.24) is 4.98 Å². The number of pyridine rings is 1. The van der Waals surface area contributed by atoms with Gasteiger partial charge in [0.2, 0.25) is 0 Å². The van der Waals surface area contributed by atoms with Crippen molar-refractivity contribution in [3.63, 3.8) is 0 Å². The summed E-state index contributed by atoms with van der Waals surface area (Å²) in [6, 6.07) is 4.35.